The Bertz CT molecular complexity index is 1250. The van der Waals surface area contributed by atoms with E-state index in [1.165, 1.54) is 11.1 Å². The van der Waals surface area contributed by atoms with E-state index in [2.05, 4.69) is 46.1 Å². The highest BCUT2D eigenvalue weighted by molar-refractivity contribution is 7.80. The summed E-state index contributed by atoms with van der Waals surface area (Å²) in [7, 11) is -1.23. The predicted octanol–water partition coefficient (Wildman–Crippen LogP) is 3.97. The zero-order valence-corrected chi connectivity index (χ0v) is 16.8. The molecule has 0 unspecified atom stereocenters. The molecule has 0 saturated carbocycles. The summed E-state index contributed by atoms with van der Waals surface area (Å²) in [6.45, 7) is 0. The van der Waals surface area contributed by atoms with Gasteiger partial charge in [-0.05, 0) is 35.4 Å². The lowest BCUT2D eigenvalue weighted by molar-refractivity contribution is -0.617. The minimum Gasteiger partial charge on any atom is -0.264 e. The van der Waals surface area contributed by atoms with E-state index in [1.54, 1.807) is 0 Å². The van der Waals surface area contributed by atoms with Gasteiger partial charge in [0, 0.05) is 17.2 Å². The first kappa shape index (κ1) is 20.2. The minimum absolute atomic E-state index is 0.707. The van der Waals surface area contributed by atoms with Crippen LogP contribution in [-0.2, 0) is 21.6 Å². The van der Waals surface area contributed by atoms with E-state index in [-0.39, 0.29) is 0 Å². The molecule has 0 spiro atoms. The molecule has 0 saturated heterocycles. The van der Waals surface area contributed by atoms with Gasteiger partial charge in [-0.3, -0.25) is 8.74 Å². The van der Waals surface area contributed by atoms with Gasteiger partial charge in [-0.1, -0.05) is 41.9 Å². The normalized spacial score (nSPS) is 11.3. The van der Waals surface area contributed by atoms with Gasteiger partial charge < -0.3 is 0 Å². The highest BCUT2D eigenvalue weighted by Crippen LogP contribution is 2.24. The van der Waals surface area contributed by atoms with Crippen LogP contribution in [0.25, 0.3) is 33.2 Å². The van der Waals surface area contributed by atoms with Crippen molar-refractivity contribution in [2.45, 2.75) is 0 Å². The van der Waals surface area contributed by atoms with Crippen molar-refractivity contribution in [2.75, 3.05) is 7.11 Å². The maximum atomic E-state index is 9.33. The molecule has 8 heteroatoms. The van der Waals surface area contributed by atoms with Crippen LogP contribution in [0.3, 0.4) is 0 Å². The van der Waals surface area contributed by atoms with Gasteiger partial charge in [-0.15, -0.1) is 0 Å². The molecule has 1 heterocycles. The number of aromatic nitrogens is 2. The second-order valence-electron chi connectivity index (χ2n) is 5.97. The van der Waals surface area contributed by atoms with Crippen molar-refractivity contribution in [3.63, 3.8) is 0 Å². The van der Waals surface area contributed by atoms with Gasteiger partial charge in [0.2, 0.25) is 11.0 Å². The quantitative estimate of drug-likeness (QED) is 0.303. The van der Waals surface area contributed by atoms with Crippen molar-refractivity contribution in [3.05, 3.63) is 71.8 Å². The van der Waals surface area contributed by atoms with Crippen LogP contribution in [0.1, 0.15) is 0 Å². The number of rotatable bonds is 2. The molecule has 0 aliphatic carbocycles. The molecule has 0 aliphatic rings. The van der Waals surface area contributed by atoms with E-state index < -0.39 is 10.4 Å². The van der Waals surface area contributed by atoms with Crippen LogP contribution in [-0.4, -0.2) is 25.1 Å². The maximum absolute atomic E-state index is 9.33. The molecule has 144 valence electrons. The lowest BCUT2D eigenvalue weighted by Crippen LogP contribution is -2.30. The van der Waals surface area contributed by atoms with Crippen LogP contribution in [0.15, 0.2) is 66.7 Å². The first-order valence-electron chi connectivity index (χ1n) is 8.26. The molecule has 1 N–H and O–H groups in total. The van der Waals surface area contributed by atoms with Crippen molar-refractivity contribution in [2.24, 2.45) is 7.05 Å². The molecule has 0 amide bonds. The molecule has 4 aromatic rings. The van der Waals surface area contributed by atoms with Crippen LogP contribution in [0.4, 0.5) is 0 Å². The molecular weight excluding hydrogens is 400 g/mol. The Labute approximate surface area is 167 Å². The fourth-order valence-corrected chi connectivity index (χ4v) is 3.00. The Kier molecular flexibility index (Phi) is 5.90. The third-order valence-electron chi connectivity index (χ3n) is 4.19. The zero-order valence-electron chi connectivity index (χ0n) is 15.2. The Morgan fingerprint density at radius 3 is 2.11 bits per heavy atom. The molecule has 0 fully saturated rings. The van der Waals surface area contributed by atoms with Crippen molar-refractivity contribution < 1.29 is 21.7 Å². The van der Waals surface area contributed by atoms with E-state index in [1.807, 2.05) is 36.4 Å². The van der Waals surface area contributed by atoms with Crippen LogP contribution >= 0.6 is 11.6 Å². The summed E-state index contributed by atoms with van der Waals surface area (Å²) in [5.41, 5.74) is 6.42. The fourth-order valence-electron chi connectivity index (χ4n) is 2.84. The first-order valence-corrected chi connectivity index (χ1v) is 10.0. The topological polar surface area (TPSA) is 80.4 Å². The van der Waals surface area contributed by atoms with Crippen molar-refractivity contribution in [1.82, 2.24) is 4.98 Å². The number of hydrogen-bond acceptors (Lipinski definition) is 4. The lowest BCUT2D eigenvalue weighted by Gasteiger charge is -2.05. The molecular formula is C20H18ClN2O4S+. The minimum atomic E-state index is -4.16. The van der Waals surface area contributed by atoms with Gasteiger partial charge in [0.1, 0.15) is 18.1 Å². The number of fused-ring (bicyclic) bond motifs is 2. The predicted molar refractivity (Wildman–Crippen MR) is 109 cm³/mol. The third kappa shape index (κ3) is 4.63. The summed E-state index contributed by atoms with van der Waals surface area (Å²) in [5.74, 6) is 0. The molecule has 0 radical (unpaired) electrons. The average Bonchev–Trinajstić information content (AvgIpc) is 2.68. The maximum Gasteiger partial charge on any atom is 0.397 e. The Balaban J connectivity index is 0.000000330. The van der Waals surface area contributed by atoms with Gasteiger partial charge in [0.25, 0.3) is 0 Å². The van der Waals surface area contributed by atoms with Crippen LogP contribution < -0.4 is 4.57 Å². The standard InChI is InChI=1S/C19H14ClN2.CH4O4S/c1-22-18-9-7-14(13-5-3-2-4-6-13)11-16(18)21-17-12-15(20)8-10-19(17)22;1-5-6(2,3)4/h2-12H,1H3;1H3,(H,2,3,4)/q+1;. The lowest BCUT2D eigenvalue weighted by atomic mass is 10.0. The monoisotopic (exact) mass is 417 g/mol. The molecule has 3 aromatic carbocycles. The summed E-state index contributed by atoms with van der Waals surface area (Å²) in [6, 6.07) is 22.6. The van der Waals surface area contributed by atoms with Gasteiger partial charge in [-0.2, -0.15) is 13.0 Å². The van der Waals surface area contributed by atoms with E-state index >= 15 is 0 Å². The Morgan fingerprint density at radius 2 is 1.50 bits per heavy atom. The Morgan fingerprint density at radius 1 is 0.929 bits per heavy atom. The van der Waals surface area contributed by atoms with Crippen molar-refractivity contribution in [1.29, 1.82) is 0 Å². The van der Waals surface area contributed by atoms with Crippen LogP contribution in [0, 0.1) is 0 Å². The third-order valence-corrected chi connectivity index (χ3v) is 4.85. The first-order chi connectivity index (χ1) is 13.3. The highest BCUT2D eigenvalue weighted by Gasteiger charge is 2.14. The Hall–Kier alpha value is -2.58. The number of benzene rings is 3. The van der Waals surface area contributed by atoms with Gasteiger partial charge in [0.15, 0.2) is 0 Å². The summed E-state index contributed by atoms with van der Waals surface area (Å²) in [5, 5.41) is 0.707. The SMILES string of the molecule is COS(=O)(=O)O.C[n+]1c2ccc(Cl)cc2nc2cc(-c3ccccc3)ccc21. The molecule has 0 bridgehead atoms. The van der Waals surface area contributed by atoms with E-state index in [9.17, 15) is 8.42 Å². The molecule has 4 rings (SSSR count). The number of hydrogen-bond donors (Lipinski definition) is 1. The summed E-state index contributed by atoms with van der Waals surface area (Å²) >= 11 is 6.10. The van der Waals surface area contributed by atoms with Crippen molar-refractivity contribution >= 4 is 44.1 Å². The highest BCUT2D eigenvalue weighted by atomic mass is 35.5. The zero-order chi connectivity index (χ0) is 20.3. The van der Waals surface area contributed by atoms with Crippen molar-refractivity contribution in [3.8, 4) is 11.1 Å². The van der Waals surface area contributed by atoms with E-state index in [0.29, 0.717) is 5.02 Å². The summed E-state index contributed by atoms with van der Waals surface area (Å²) in [4.78, 5) is 4.78. The molecule has 6 nitrogen and oxygen atoms in total. The van der Waals surface area contributed by atoms with Gasteiger partial charge >= 0.3 is 10.4 Å². The van der Waals surface area contributed by atoms with Crippen LogP contribution in [0.2, 0.25) is 5.02 Å². The average molecular weight is 418 g/mol. The largest absolute Gasteiger partial charge is 0.397 e. The summed E-state index contributed by atoms with van der Waals surface area (Å²) < 4.78 is 31.9. The smallest absolute Gasteiger partial charge is 0.264 e. The molecule has 0 aliphatic heterocycles. The van der Waals surface area contributed by atoms with Crippen LogP contribution in [0.5, 0.6) is 0 Å². The van der Waals surface area contributed by atoms with Gasteiger partial charge in [-0.25, -0.2) is 4.98 Å². The number of nitrogens with zero attached hydrogens (tertiary/aromatic N) is 2. The fraction of sp³-hybridized carbons (Fsp3) is 0.100. The number of halogens is 1. The second-order valence-corrected chi connectivity index (χ2v) is 7.59. The van der Waals surface area contributed by atoms with Gasteiger partial charge in [0.05, 0.1) is 7.11 Å². The summed E-state index contributed by atoms with van der Waals surface area (Å²) in [6.07, 6.45) is 0. The molecule has 1 aromatic heterocycles. The van der Waals surface area contributed by atoms with E-state index in [4.69, 9.17) is 21.1 Å². The van der Waals surface area contributed by atoms with E-state index in [0.717, 1.165) is 29.2 Å². The molecule has 28 heavy (non-hydrogen) atoms. The second kappa shape index (κ2) is 8.20. The number of aryl methyl sites for hydroxylation is 1. The molecule has 0 atom stereocenters.